The molecule has 2 aromatic heterocycles. The third-order valence-electron chi connectivity index (χ3n) is 6.16. The zero-order valence-electron chi connectivity index (χ0n) is 17.7. The summed E-state index contributed by atoms with van der Waals surface area (Å²) >= 11 is 0. The van der Waals surface area contributed by atoms with Gasteiger partial charge in [0.2, 0.25) is 0 Å². The van der Waals surface area contributed by atoms with Gasteiger partial charge in [-0.2, -0.15) is 4.98 Å². The Hall–Kier alpha value is -2.89. The highest BCUT2D eigenvalue weighted by atomic mass is 35.5. The number of halogens is 1. The van der Waals surface area contributed by atoms with Crippen molar-refractivity contribution >= 4 is 23.3 Å². The normalized spacial score (nSPS) is 13.5. The fourth-order valence-electron chi connectivity index (χ4n) is 4.54. The van der Waals surface area contributed by atoms with E-state index in [9.17, 15) is 4.79 Å². The molecule has 0 spiro atoms. The highest BCUT2D eigenvalue weighted by Gasteiger charge is 2.17. The van der Waals surface area contributed by atoms with Crippen LogP contribution in [0.3, 0.4) is 0 Å². The molecule has 0 aliphatic carbocycles. The van der Waals surface area contributed by atoms with E-state index in [4.69, 9.17) is 0 Å². The number of fused-ring (bicyclic) bond motifs is 3. The van der Waals surface area contributed by atoms with Crippen LogP contribution < -0.4 is 11.0 Å². The number of rotatable bonds is 4. The second-order valence-corrected chi connectivity index (χ2v) is 7.99. The Balaban J connectivity index is 0.00000231. The van der Waals surface area contributed by atoms with Crippen molar-refractivity contribution in [2.75, 3.05) is 13.1 Å². The third kappa shape index (κ3) is 4.16. The minimum atomic E-state index is -0.222. The quantitative estimate of drug-likeness (QED) is 0.533. The van der Waals surface area contributed by atoms with Gasteiger partial charge in [-0.15, -0.1) is 12.4 Å². The van der Waals surface area contributed by atoms with Crippen molar-refractivity contribution in [2.24, 2.45) is 7.05 Å². The maximum absolute atomic E-state index is 12.7. The number of nitrogens with zero attached hydrogens (tertiary/aromatic N) is 3. The van der Waals surface area contributed by atoms with E-state index in [2.05, 4.69) is 46.2 Å². The monoisotopic (exact) mass is 434 g/mol. The summed E-state index contributed by atoms with van der Waals surface area (Å²) in [4.78, 5) is 17.1. The summed E-state index contributed by atoms with van der Waals surface area (Å²) in [5.41, 5.74) is 6.74. The van der Waals surface area contributed by atoms with Gasteiger partial charge in [0.25, 0.3) is 0 Å². The zero-order chi connectivity index (χ0) is 20.5. The highest BCUT2D eigenvalue weighted by Crippen LogP contribution is 2.28. The molecule has 5 nitrogen and oxygen atoms in total. The van der Waals surface area contributed by atoms with E-state index in [0.717, 1.165) is 50.2 Å². The Morgan fingerprint density at radius 3 is 2.61 bits per heavy atom. The summed E-state index contributed by atoms with van der Waals surface area (Å²) in [5.74, 6) is 0. The van der Waals surface area contributed by atoms with Gasteiger partial charge < -0.3 is 9.88 Å². The summed E-state index contributed by atoms with van der Waals surface area (Å²) in [5, 5.41) is 4.77. The number of aryl methyl sites for hydroxylation is 3. The Morgan fingerprint density at radius 1 is 1.00 bits per heavy atom. The lowest BCUT2D eigenvalue weighted by Gasteiger charge is -2.08. The minimum Gasteiger partial charge on any atom is -0.347 e. The van der Waals surface area contributed by atoms with Gasteiger partial charge in [0, 0.05) is 43.0 Å². The lowest BCUT2D eigenvalue weighted by Crippen LogP contribution is -2.22. The molecule has 0 fully saturated rings. The number of benzene rings is 2. The van der Waals surface area contributed by atoms with E-state index in [0.29, 0.717) is 0 Å². The van der Waals surface area contributed by atoms with Gasteiger partial charge in [-0.1, -0.05) is 36.4 Å². The van der Waals surface area contributed by atoms with Crippen molar-refractivity contribution in [1.29, 1.82) is 0 Å². The lowest BCUT2D eigenvalue weighted by atomic mass is 10.1. The Morgan fingerprint density at radius 2 is 1.81 bits per heavy atom. The maximum atomic E-state index is 12.7. The first kappa shape index (κ1) is 21.3. The van der Waals surface area contributed by atoms with Crippen molar-refractivity contribution in [3.63, 3.8) is 0 Å². The average molecular weight is 435 g/mol. The molecule has 6 heteroatoms. The molecule has 0 radical (unpaired) electrons. The Labute approximate surface area is 188 Å². The van der Waals surface area contributed by atoms with Gasteiger partial charge in [0.1, 0.15) is 0 Å². The molecule has 31 heavy (non-hydrogen) atoms. The third-order valence-corrected chi connectivity index (χ3v) is 6.16. The van der Waals surface area contributed by atoms with E-state index in [-0.39, 0.29) is 18.1 Å². The minimum absolute atomic E-state index is 0. The van der Waals surface area contributed by atoms with Gasteiger partial charge in [-0.05, 0) is 55.1 Å². The molecular formula is C25H27ClN4O. The summed E-state index contributed by atoms with van der Waals surface area (Å²) < 4.78 is 3.93. The molecule has 2 aromatic carbocycles. The van der Waals surface area contributed by atoms with Crippen LogP contribution in [-0.4, -0.2) is 27.2 Å². The standard InChI is InChI=1S/C25H26N4O.ClH/c1-28-23-12-15-26-14-11-22(23)21-10-9-20(17-24(21)28)29-16-13-19(27-25(29)30)8-7-18-5-3-2-4-6-18;/h2-6,9-10,13,16-17,26H,7-8,11-12,14-15H2,1H3;1H. The summed E-state index contributed by atoms with van der Waals surface area (Å²) in [6, 6.07) is 18.6. The largest absolute Gasteiger partial charge is 0.352 e. The summed E-state index contributed by atoms with van der Waals surface area (Å²) in [6.45, 7) is 2.03. The van der Waals surface area contributed by atoms with Crippen molar-refractivity contribution in [3.05, 3.63) is 93.8 Å². The molecular weight excluding hydrogens is 408 g/mol. The van der Waals surface area contributed by atoms with Gasteiger partial charge in [-0.3, -0.25) is 4.57 Å². The van der Waals surface area contributed by atoms with Crippen LogP contribution in [0.1, 0.15) is 22.5 Å². The number of hydrogen-bond donors (Lipinski definition) is 1. The van der Waals surface area contributed by atoms with Crippen molar-refractivity contribution in [2.45, 2.75) is 25.7 Å². The van der Waals surface area contributed by atoms with E-state index in [1.165, 1.54) is 27.7 Å². The smallest absolute Gasteiger partial charge is 0.347 e. The van der Waals surface area contributed by atoms with Crippen LogP contribution in [0.25, 0.3) is 16.6 Å². The molecule has 0 amide bonds. The first-order valence-corrected chi connectivity index (χ1v) is 10.6. The van der Waals surface area contributed by atoms with Crippen molar-refractivity contribution in [1.82, 2.24) is 19.4 Å². The summed E-state index contributed by atoms with van der Waals surface area (Å²) in [6.07, 6.45) is 5.58. The summed E-state index contributed by atoms with van der Waals surface area (Å²) in [7, 11) is 2.13. The molecule has 3 heterocycles. The second kappa shape index (κ2) is 9.08. The predicted octanol–water partition coefficient (Wildman–Crippen LogP) is 3.62. The molecule has 0 unspecified atom stereocenters. The molecule has 5 rings (SSSR count). The maximum Gasteiger partial charge on any atom is 0.352 e. The van der Waals surface area contributed by atoms with Gasteiger partial charge in [0.15, 0.2) is 0 Å². The van der Waals surface area contributed by atoms with Gasteiger partial charge >= 0.3 is 5.69 Å². The van der Waals surface area contributed by atoms with Crippen LogP contribution in [0.5, 0.6) is 0 Å². The second-order valence-electron chi connectivity index (χ2n) is 7.99. The van der Waals surface area contributed by atoms with Crippen LogP contribution >= 0.6 is 12.4 Å². The molecule has 1 aliphatic heterocycles. The van der Waals surface area contributed by atoms with Crippen LogP contribution in [0.2, 0.25) is 0 Å². The topological polar surface area (TPSA) is 51.9 Å². The number of aromatic nitrogens is 3. The molecule has 1 aliphatic rings. The molecule has 0 bridgehead atoms. The fourth-order valence-corrected chi connectivity index (χ4v) is 4.54. The van der Waals surface area contributed by atoms with Gasteiger partial charge in [-0.25, -0.2) is 4.79 Å². The molecule has 4 aromatic rings. The first-order chi connectivity index (χ1) is 14.7. The number of hydrogen-bond acceptors (Lipinski definition) is 3. The highest BCUT2D eigenvalue weighted by molar-refractivity contribution is 5.87. The van der Waals surface area contributed by atoms with Gasteiger partial charge in [0.05, 0.1) is 11.2 Å². The molecule has 0 saturated carbocycles. The molecule has 1 N–H and O–H groups in total. The molecule has 160 valence electrons. The predicted molar refractivity (Wildman–Crippen MR) is 128 cm³/mol. The zero-order valence-corrected chi connectivity index (χ0v) is 18.5. The Kier molecular flexibility index (Phi) is 6.25. The lowest BCUT2D eigenvalue weighted by molar-refractivity contribution is 0.699. The van der Waals surface area contributed by atoms with E-state index < -0.39 is 0 Å². The van der Waals surface area contributed by atoms with Crippen molar-refractivity contribution in [3.8, 4) is 5.69 Å². The van der Waals surface area contributed by atoms with Crippen LogP contribution in [0, 0.1) is 0 Å². The molecule has 0 atom stereocenters. The van der Waals surface area contributed by atoms with E-state index >= 15 is 0 Å². The van der Waals surface area contributed by atoms with Crippen LogP contribution in [-0.2, 0) is 32.7 Å². The van der Waals surface area contributed by atoms with Crippen LogP contribution in [0.15, 0.2) is 65.6 Å². The van der Waals surface area contributed by atoms with Crippen LogP contribution in [0.4, 0.5) is 0 Å². The first-order valence-electron chi connectivity index (χ1n) is 10.6. The average Bonchev–Trinajstić information content (AvgIpc) is 2.92. The van der Waals surface area contributed by atoms with E-state index in [1.807, 2.05) is 36.5 Å². The fraction of sp³-hybridized carbons (Fsp3) is 0.280. The van der Waals surface area contributed by atoms with Crippen molar-refractivity contribution < 1.29 is 0 Å². The van der Waals surface area contributed by atoms with E-state index in [1.54, 1.807) is 4.57 Å². The SMILES string of the molecule is Cl.Cn1c2c(c3ccc(-n4ccc(CCc5ccccc5)nc4=O)cc31)CCNCC2. The Bertz CT molecular complexity index is 1260. The molecule has 0 saturated heterocycles. The number of nitrogens with one attached hydrogen (secondary N) is 1.